The van der Waals surface area contributed by atoms with Crippen LogP contribution in [-0.2, 0) is 16.6 Å². The van der Waals surface area contributed by atoms with E-state index in [9.17, 15) is 8.42 Å². The molecule has 110 valence electrons. The molecule has 1 rings (SSSR count). The molecule has 1 aromatic rings. The molecule has 0 spiro atoms. The van der Waals surface area contributed by atoms with Gasteiger partial charge in [-0.1, -0.05) is 27.7 Å². The summed E-state index contributed by atoms with van der Waals surface area (Å²) in [4.78, 5) is 0. The molecule has 1 aromatic heterocycles. The summed E-state index contributed by atoms with van der Waals surface area (Å²) in [7, 11) is -1.71. The van der Waals surface area contributed by atoms with Crippen molar-refractivity contribution in [3.05, 3.63) is 17.0 Å². The minimum absolute atomic E-state index is 0.0499. The summed E-state index contributed by atoms with van der Waals surface area (Å²) >= 11 is 1.29. The molecule has 0 aliphatic carbocycles. The van der Waals surface area contributed by atoms with Gasteiger partial charge in [0, 0.05) is 20.1 Å². The number of sulfonamides is 1. The first kappa shape index (κ1) is 16.6. The van der Waals surface area contributed by atoms with E-state index in [2.05, 4.69) is 5.32 Å². The Morgan fingerprint density at radius 2 is 2.00 bits per heavy atom. The van der Waals surface area contributed by atoms with Crippen molar-refractivity contribution < 1.29 is 8.42 Å². The average molecular weight is 304 g/mol. The molecule has 0 amide bonds. The van der Waals surface area contributed by atoms with Crippen molar-refractivity contribution in [2.24, 2.45) is 5.41 Å². The molecule has 0 aliphatic rings. The topological polar surface area (TPSA) is 49.4 Å². The maximum Gasteiger partial charge on any atom is 0.252 e. The number of hydrogen-bond donors (Lipinski definition) is 1. The minimum atomic E-state index is -3.35. The molecule has 1 N–H and O–H groups in total. The summed E-state index contributed by atoms with van der Waals surface area (Å²) < 4.78 is 26.7. The van der Waals surface area contributed by atoms with Gasteiger partial charge in [-0.2, -0.15) is 4.31 Å². The lowest BCUT2D eigenvalue weighted by molar-refractivity contribution is 0.311. The third-order valence-electron chi connectivity index (χ3n) is 2.57. The largest absolute Gasteiger partial charge is 0.313 e. The Balaban J connectivity index is 2.85. The molecule has 1 heterocycles. The molecule has 6 heteroatoms. The van der Waals surface area contributed by atoms with E-state index < -0.39 is 10.0 Å². The van der Waals surface area contributed by atoms with Gasteiger partial charge in [-0.05, 0) is 29.0 Å². The van der Waals surface area contributed by atoms with Crippen molar-refractivity contribution in [1.29, 1.82) is 0 Å². The van der Waals surface area contributed by atoms with Crippen LogP contribution >= 0.6 is 11.3 Å². The first-order valence-corrected chi connectivity index (χ1v) is 8.73. The fraction of sp³-hybridized carbons (Fsp3) is 0.692. The second-order valence-corrected chi connectivity index (χ2v) is 9.06. The summed E-state index contributed by atoms with van der Waals surface area (Å²) in [6.07, 6.45) is 0. The van der Waals surface area contributed by atoms with Crippen LogP contribution in [0.2, 0.25) is 0 Å². The molecule has 4 nitrogen and oxygen atoms in total. The lowest BCUT2D eigenvalue weighted by Gasteiger charge is -2.25. The van der Waals surface area contributed by atoms with Crippen molar-refractivity contribution >= 4 is 21.4 Å². The minimum Gasteiger partial charge on any atom is -0.313 e. The molecule has 0 unspecified atom stereocenters. The molecular weight excluding hydrogens is 280 g/mol. The van der Waals surface area contributed by atoms with Gasteiger partial charge in [0.2, 0.25) is 0 Å². The zero-order valence-electron chi connectivity index (χ0n) is 12.4. The quantitative estimate of drug-likeness (QED) is 0.878. The van der Waals surface area contributed by atoms with Crippen LogP contribution in [0.15, 0.2) is 15.7 Å². The van der Waals surface area contributed by atoms with Crippen LogP contribution in [0.1, 0.15) is 33.3 Å². The van der Waals surface area contributed by atoms with Crippen LogP contribution in [0.25, 0.3) is 0 Å². The van der Waals surface area contributed by atoms with Crippen molar-refractivity contribution in [3.63, 3.8) is 0 Å². The first-order chi connectivity index (χ1) is 8.66. The lowest BCUT2D eigenvalue weighted by Crippen LogP contribution is -2.34. The standard InChI is InChI=1S/C13H24N2O2S2/c1-6-14-8-11-7-12(18-9-11)19(16,17)15(5)10-13(2,3)4/h7,9,14H,6,8,10H2,1-5H3. The van der Waals surface area contributed by atoms with Crippen molar-refractivity contribution in [1.82, 2.24) is 9.62 Å². The van der Waals surface area contributed by atoms with Crippen LogP contribution in [0, 0.1) is 5.41 Å². The lowest BCUT2D eigenvalue weighted by atomic mass is 9.97. The SMILES string of the molecule is CCNCc1csc(S(=O)(=O)N(C)CC(C)(C)C)c1. The molecule has 0 fully saturated rings. The van der Waals surface area contributed by atoms with Crippen LogP contribution in [0.5, 0.6) is 0 Å². The molecule has 0 saturated carbocycles. The molecule has 0 aliphatic heterocycles. The maximum absolute atomic E-state index is 12.4. The van der Waals surface area contributed by atoms with E-state index >= 15 is 0 Å². The summed E-state index contributed by atoms with van der Waals surface area (Å²) in [5, 5.41) is 5.10. The third kappa shape index (κ3) is 4.87. The molecule has 19 heavy (non-hydrogen) atoms. The molecule has 0 aromatic carbocycles. The number of nitrogens with zero attached hydrogens (tertiary/aromatic N) is 1. The second kappa shape index (κ2) is 6.35. The summed E-state index contributed by atoms with van der Waals surface area (Å²) in [5.41, 5.74) is 0.973. The highest BCUT2D eigenvalue weighted by molar-refractivity contribution is 7.91. The Bertz CT molecular complexity index is 501. The van der Waals surface area contributed by atoms with Gasteiger partial charge >= 0.3 is 0 Å². The molecular formula is C13H24N2O2S2. The van der Waals surface area contributed by atoms with Crippen LogP contribution in [0.4, 0.5) is 0 Å². The molecule has 0 radical (unpaired) electrons. The van der Waals surface area contributed by atoms with Gasteiger partial charge in [0.25, 0.3) is 10.0 Å². The average Bonchev–Trinajstić information content (AvgIpc) is 2.73. The maximum atomic E-state index is 12.4. The van der Waals surface area contributed by atoms with Gasteiger partial charge in [0.1, 0.15) is 4.21 Å². The predicted octanol–water partition coefficient (Wildman–Crippen LogP) is 2.52. The van der Waals surface area contributed by atoms with Gasteiger partial charge < -0.3 is 5.32 Å². The second-order valence-electron chi connectivity index (χ2n) is 5.88. The highest BCUT2D eigenvalue weighted by Gasteiger charge is 2.26. The van der Waals surface area contributed by atoms with E-state index in [0.29, 0.717) is 17.3 Å². The summed E-state index contributed by atoms with van der Waals surface area (Å²) in [6.45, 7) is 10.2. The fourth-order valence-electron chi connectivity index (χ4n) is 1.76. The van der Waals surface area contributed by atoms with Crippen molar-refractivity contribution in [2.45, 2.75) is 38.4 Å². The van der Waals surface area contributed by atoms with E-state index in [-0.39, 0.29) is 5.41 Å². The molecule has 0 atom stereocenters. The zero-order valence-corrected chi connectivity index (χ0v) is 14.0. The van der Waals surface area contributed by atoms with Crippen molar-refractivity contribution in [3.8, 4) is 0 Å². The Morgan fingerprint density at radius 3 is 2.53 bits per heavy atom. The number of nitrogens with one attached hydrogen (secondary N) is 1. The van der Waals surface area contributed by atoms with Crippen LogP contribution < -0.4 is 5.32 Å². The van der Waals surface area contributed by atoms with E-state index in [4.69, 9.17) is 0 Å². The third-order valence-corrected chi connectivity index (χ3v) is 5.84. The first-order valence-electron chi connectivity index (χ1n) is 6.41. The number of thiophene rings is 1. The Kier molecular flexibility index (Phi) is 5.55. The monoisotopic (exact) mass is 304 g/mol. The number of hydrogen-bond acceptors (Lipinski definition) is 4. The summed E-state index contributed by atoms with van der Waals surface area (Å²) in [6, 6.07) is 1.77. The van der Waals surface area contributed by atoms with E-state index in [1.807, 2.05) is 33.1 Å². The van der Waals surface area contributed by atoms with E-state index in [1.165, 1.54) is 15.6 Å². The normalized spacial score (nSPS) is 13.2. The fourth-order valence-corrected chi connectivity index (χ4v) is 4.57. The Labute approximate surface area is 120 Å². The van der Waals surface area contributed by atoms with E-state index in [1.54, 1.807) is 13.1 Å². The Morgan fingerprint density at radius 1 is 1.37 bits per heavy atom. The van der Waals surface area contributed by atoms with Gasteiger partial charge in [-0.15, -0.1) is 11.3 Å². The molecule has 0 bridgehead atoms. The van der Waals surface area contributed by atoms with Gasteiger partial charge in [0.15, 0.2) is 0 Å². The molecule has 0 saturated heterocycles. The summed E-state index contributed by atoms with van der Waals surface area (Å²) in [5.74, 6) is 0. The zero-order chi connectivity index (χ0) is 14.7. The van der Waals surface area contributed by atoms with Gasteiger partial charge in [-0.25, -0.2) is 8.42 Å². The van der Waals surface area contributed by atoms with Crippen molar-refractivity contribution in [2.75, 3.05) is 20.1 Å². The highest BCUT2D eigenvalue weighted by Crippen LogP contribution is 2.25. The van der Waals surface area contributed by atoms with Gasteiger partial charge in [-0.3, -0.25) is 0 Å². The Hall–Kier alpha value is -0.430. The van der Waals surface area contributed by atoms with Crippen LogP contribution in [0.3, 0.4) is 0 Å². The van der Waals surface area contributed by atoms with Gasteiger partial charge in [0.05, 0.1) is 0 Å². The van der Waals surface area contributed by atoms with Crippen LogP contribution in [-0.4, -0.2) is 32.9 Å². The highest BCUT2D eigenvalue weighted by atomic mass is 32.2. The smallest absolute Gasteiger partial charge is 0.252 e. The predicted molar refractivity (Wildman–Crippen MR) is 81.0 cm³/mol. The van der Waals surface area contributed by atoms with E-state index in [0.717, 1.165) is 12.1 Å². The number of rotatable bonds is 6.